The molecule has 0 aliphatic rings. The van der Waals surface area contributed by atoms with Crippen LogP contribution in [-0.4, -0.2) is 35.6 Å². The van der Waals surface area contributed by atoms with Crippen molar-refractivity contribution in [3.05, 3.63) is 78.4 Å². The molecule has 0 radical (unpaired) electrons. The van der Waals surface area contributed by atoms with E-state index in [2.05, 4.69) is 10.1 Å². The molecule has 0 aliphatic carbocycles. The summed E-state index contributed by atoms with van der Waals surface area (Å²) in [5, 5.41) is 4.58. The van der Waals surface area contributed by atoms with Crippen LogP contribution in [0.25, 0.3) is 17.1 Å². The molecule has 7 nitrogen and oxygen atoms in total. The van der Waals surface area contributed by atoms with Crippen LogP contribution in [-0.2, 0) is 6.42 Å². The van der Waals surface area contributed by atoms with Crippen LogP contribution in [0.5, 0.6) is 17.5 Å². The first kappa shape index (κ1) is 20.3. The standard InChI is InChI=1S/C24H24N4O3/c1-29-21-11-3-17(4-12-21)15-16-31-24-26-23(18-5-13-22(30-2)14-6-18)28(27-24)20-9-7-19(25)8-10-20/h3-14H,15-16,25H2,1-2H3. The van der Waals surface area contributed by atoms with E-state index in [0.29, 0.717) is 24.1 Å². The quantitative estimate of drug-likeness (QED) is 0.434. The van der Waals surface area contributed by atoms with Gasteiger partial charge in [-0.05, 0) is 66.2 Å². The molecule has 0 bridgehead atoms. The molecule has 2 N–H and O–H groups in total. The highest BCUT2D eigenvalue weighted by molar-refractivity contribution is 5.60. The molecule has 7 heteroatoms. The third kappa shape index (κ3) is 4.78. The lowest BCUT2D eigenvalue weighted by Crippen LogP contribution is -2.03. The Balaban J connectivity index is 1.56. The molecule has 4 aromatic rings. The molecule has 0 saturated heterocycles. The Morgan fingerprint density at radius 1 is 0.806 bits per heavy atom. The zero-order chi connectivity index (χ0) is 21.6. The average molecular weight is 416 g/mol. The first-order valence-corrected chi connectivity index (χ1v) is 9.89. The van der Waals surface area contributed by atoms with Crippen LogP contribution in [0.4, 0.5) is 5.69 Å². The number of nitrogen functional groups attached to an aromatic ring is 1. The van der Waals surface area contributed by atoms with Gasteiger partial charge in [0.25, 0.3) is 0 Å². The number of benzene rings is 3. The third-order valence-corrected chi connectivity index (χ3v) is 4.85. The summed E-state index contributed by atoms with van der Waals surface area (Å²) in [4.78, 5) is 4.63. The molecule has 4 rings (SSSR count). The number of ether oxygens (including phenoxy) is 3. The van der Waals surface area contributed by atoms with E-state index in [0.717, 1.165) is 34.7 Å². The molecule has 158 valence electrons. The number of nitrogens with zero attached hydrogens (tertiary/aromatic N) is 3. The molecule has 0 aliphatic heterocycles. The summed E-state index contributed by atoms with van der Waals surface area (Å²) in [6, 6.07) is 23.4. The second-order valence-electron chi connectivity index (χ2n) is 6.90. The molecule has 1 heterocycles. The SMILES string of the molecule is COc1ccc(CCOc2nc(-c3ccc(OC)cc3)n(-c3ccc(N)cc3)n2)cc1. The van der Waals surface area contributed by atoms with Gasteiger partial charge >= 0.3 is 6.01 Å². The molecule has 31 heavy (non-hydrogen) atoms. The van der Waals surface area contributed by atoms with Gasteiger partial charge in [0.1, 0.15) is 11.5 Å². The van der Waals surface area contributed by atoms with Gasteiger partial charge in [0.05, 0.1) is 26.5 Å². The van der Waals surface area contributed by atoms with Crippen LogP contribution in [0, 0.1) is 0 Å². The van der Waals surface area contributed by atoms with E-state index >= 15 is 0 Å². The van der Waals surface area contributed by atoms with Gasteiger partial charge in [-0.3, -0.25) is 0 Å². The normalized spacial score (nSPS) is 10.6. The van der Waals surface area contributed by atoms with Gasteiger partial charge in [-0.15, -0.1) is 5.10 Å². The van der Waals surface area contributed by atoms with Gasteiger partial charge in [-0.1, -0.05) is 12.1 Å². The van der Waals surface area contributed by atoms with Crippen molar-refractivity contribution in [2.24, 2.45) is 0 Å². The fourth-order valence-corrected chi connectivity index (χ4v) is 3.13. The van der Waals surface area contributed by atoms with E-state index in [9.17, 15) is 0 Å². The predicted octanol–water partition coefficient (Wildman–Crippen LogP) is 4.16. The smallest absolute Gasteiger partial charge is 0.336 e. The second kappa shape index (κ2) is 9.21. The van der Waals surface area contributed by atoms with Gasteiger partial charge in [0.15, 0.2) is 5.82 Å². The number of methoxy groups -OCH3 is 2. The number of rotatable bonds is 8. The monoisotopic (exact) mass is 416 g/mol. The molecule has 0 atom stereocenters. The zero-order valence-electron chi connectivity index (χ0n) is 17.5. The van der Waals surface area contributed by atoms with Crippen LogP contribution in [0.1, 0.15) is 5.56 Å². The molecular formula is C24H24N4O3. The predicted molar refractivity (Wildman–Crippen MR) is 120 cm³/mol. The summed E-state index contributed by atoms with van der Waals surface area (Å²) in [6.45, 7) is 0.458. The molecular weight excluding hydrogens is 392 g/mol. The Bertz CT molecular complexity index is 1120. The van der Waals surface area contributed by atoms with E-state index in [1.807, 2.05) is 72.8 Å². The van der Waals surface area contributed by atoms with Crippen LogP contribution < -0.4 is 19.9 Å². The highest BCUT2D eigenvalue weighted by Crippen LogP contribution is 2.26. The Hall–Kier alpha value is -4.00. The fourth-order valence-electron chi connectivity index (χ4n) is 3.13. The topological polar surface area (TPSA) is 84.4 Å². The number of aromatic nitrogens is 3. The molecule has 1 aromatic heterocycles. The average Bonchev–Trinajstić information content (AvgIpc) is 3.24. The number of hydrogen-bond acceptors (Lipinski definition) is 6. The van der Waals surface area contributed by atoms with E-state index < -0.39 is 0 Å². The van der Waals surface area contributed by atoms with Crippen molar-refractivity contribution in [3.63, 3.8) is 0 Å². The molecule has 0 unspecified atom stereocenters. The minimum Gasteiger partial charge on any atom is -0.497 e. The maximum atomic E-state index is 5.88. The van der Waals surface area contributed by atoms with E-state index in [-0.39, 0.29) is 0 Å². The van der Waals surface area contributed by atoms with Gasteiger partial charge in [-0.2, -0.15) is 4.98 Å². The Morgan fingerprint density at radius 3 is 2.03 bits per heavy atom. The van der Waals surface area contributed by atoms with Gasteiger partial charge < -0.3 is 19.9 Å². The molecule has 0 amide bonds. The van der Waals surface area contributed by atoms with Crippen molar-refractivity contribution < 1.29 is 14.2 Å². The summed E-state index contributed by atoms with van der Waals surface area (Å²) >= 11 is 0. The van der Waals surface area contributed by atoms with E-state index in [1.165, 1.54) is 0 Å². The molecule has 0 fully saturated rings. The Labute approximate surface area is 181 Å². The number of anilines is 1. The maximum Gasteiger partial charge on any atom is 0.336 e. The van der Waals surface area contributed by atoms with Crippen molar-refractivity contribution in [1.82, 2.24) is 14.8 Å². The van der Waals surface area contributed by atoms with Crippen molar-refractivity contribution in [2.45, 2.75) is 6.42 Å². The van der Waals surface area contributed by atoms with Crippen molar-refractivity contribution in [2.75, 3.05) is 26.6 Å². The fraction of sp³-hybridized carbons (Fsp3) is 0.167. The maximum absolute atomic E-state index is 5.88. The Kier molecular flexibility index (Phi) is 6.03. The number of nitrogens with two attached hydrogens (primary N) is 1. The van der Waals surface area contributed by atoms with Crippen molar-refractivity contribution in [3.8, 4) is 34.6 Å². The van der Waals surface area contributed by atoms with E-state index in [4.69, 9.17) is 19.9 Å². The lowest BCUT2D eigenvalue weighted by atomic mass is 10.1. The van der Waals surface area contributed by atoms with Gasteiger partial charge in [-0.25, -0.2) is 4.68 Å². The third-order valence-electron chi connectivity index (χ3n) is 4.85. The molecule has 3 aromatic carbocycles. The summed E-state index contributed by atoms with van der Waals surface area (Å²) in [7, 11) is 3.29. The lowest BCUT2D eigenvalue weighted by molar-refractivity contribution is 0.296. The van der Waals surface area contributed by atoms with Gasteiger partial charge in [0, 0.05) is 17.7 Å². The second-order valence-corrected chi connectivity index (χ2v) is 6.90. The van der Waals surface area contributed by atoms with Crippen LogP contribution in [0.15, 0.2) is 72.8 Å². The van der Waals surface area contributed by atoms with Crippen LogP contribution in [0.3, 0.4) is 0 Å². The summed E-state index contributed by atoms with van der Waals surface area (Å²) in [5.41, 5.74) is 9.42. The minimum atomic E-state index is 0.316. The summed E-state index contributed by atoms with van der Waals surface area (Å²) in [5.74, 6) is 2.28. The first-order valence-electron chi connectivity index (χ1n) is 9.89. The molecule has 0 saturated carbocycles. The van der Waals surface area contributed by atoms with E-state index in [1.54, 1.807) is 18.9 Å². The number of hydrogen-bond donors (Lipinski definition) is 1. The minimum absolute atomic E-state index is 0.316. The lowest BCUT2D eigenvalue weighted by Gasteiger charge is -2.06. The largest absolute Gasteiger partial charge is 0.497 e. The van der Waals surface area contributed by atoms with Crippen LogP contribution in [0.2, 0.25) is 0 Å². The Morgan fingerprint density at radius 2 is 1.42 bits per heavy atom. The molecule has 0 spiro atoms. The van der Waals surface area contributed by atoms with Crippen LogP contribution >= 0.6 is 0 Å². The van der Waals surface area contributed by atoms with Gasteiger partial charge in [0.2, 0.25) is 0 Å². The highest BCUT2D eigenvalue weighted by Gasteiger charge is 2.15. The van der Waals surface area contributed by atoms with Crippen molar-refractivity contribution >= 4 is 5.69 Å². The first-order chi connectivity index (χ1) is 15.2. The van der Waals surface area contributed by atoms with Crippen molar-refractivity contribution in [1.29, 1.82) is 0 Å². The summed E-state index contributed by atoms with van der Waals surface area (Å²) < 4.78 is 18.1. The highest BCUT2D eigenvalue weighted by atomic mass is 16.5. The summed E-state index contributed by atoms with van der Waals surface area (Å²) in [6.07, 6.45) is 0.734. The zero-order valence-corrected chi connectivity index (χ0v) is 17.5.